The lowest BCUT2D eigenvalue weighted by Gasteiger charge is -2.52. The van der Waals surface area contributed by atoms with Gasteiger partial charge in [0.1, 0.15) is 5.78 Å². The highest BCUT2D eigenvalue weighted by Crippen LogP contribution is 2.56. The molecule has 1 nitrogen and oxygen atoms in total. The van der Waals surface area contributed by atoms with E-state index in [1.807, 2.05) is 0 Å². The molecule has 0 N–H and O–H groups in total. The van der Waals surface area contributed by atoms with Gasteiger partial charge in [-0.3, -0.25) is 4.79 Å². The van der Waals surface area contributed by atoms with E-state index < -0.39 is 0 Å². The van der Waals surface area contributed by atoms with E-state index >= 15 is 0 Å². The van der Waals surface area contributed by atoms with Crippen LogP contribution in [0.15, 0.2) is 24.3 Å². The molecule has 0 heterocycles. The van der Waals surface area contributed by atoms with Crippen LogP contribution in [-0.2, 0) is 10.2 Å². The Kier molecular flexibility index (Phi) is 2.23. The van der Waals surface area contributed by atoms with Gasteiger partial charge in [0, 0.05) is 17.8 Å². The fraction of sp³-hybridized carbons (Fsp3) is 0.562. The van der Waals surface area contributed by atoms with Crippen molar-refractivity contribution in [3.8, 4) is 0 Å². The van der Waals surface area contributed by atoms with E-state index in [-0.39, 0.29) is 11.3 Å². The Hall–Kier alpha value is -1.11. The molecule has 0 bridgehead atoms. The van der Waals surface area contributed by atoms with E-state index in [2.05, 4.69) is 45.0 Å². The minimum atomic E-state index is 0.159. The van der Waals surface area contributed by atoms with E-state index in [9.17, 15) is 4.79 Å². The molecule has 0 spiro atoms. The fourth-order valence-corrected chi connectivity index (χ4v) is 3.97. The average molecular weight is 228 g/mol. The molecule has 0 radical (unpaired) electrons. The molecule has 1 aromatic carbocycles. The molecule has 1 fully saturated rings. The highest BCUT2D eigenvalue weighted by Gasteiger charge is 2.54. The van der Waals surface area contributed by atoms with Gasteiger partial charge in [-0.1, -0.05) is 45.0 Å². The van der Waals surface area contributed by atoms with Crippen molar-refractivity contribution < 1.29 is 4.79 Å². The Morgan fingerprint density at radius 1 is 1.29 bits per heavy atom. The van der Waals surface area contributed by atoms with Gasteiger partial charge in [0.15, 0.2) is 0 Å². The number of carbonyl (C=O) groups excluding carboxylic acids is 1. The SMILES string of the molecule is CCC1C(=O)C2CC(C)(C)c3ccccc3C12. The summed E-state index contributed by atoms with van der Waals surface area (Å²) in [5, 5.41) is 0. The summed E-state index contributed by atoms with van der Waals surface area (Å²) in [5.41, 5.74) is 3.07. The molecule has 3 atom stereocenters. The molecule has 3 rings (SSSR count). The van der Waals surface area contributed by atoms with Crippen molar-refractivity contribution in [2.24, 2.45) is 11.8 Å². The van der Waals surface area contributed by atoms with Crippen LogP contribution in [0.25, 0.3) is 0 Å². The Balaban J connectivity index is 2.11. The van der Waals surface area contributed by atoms with Crippen molar-refractivity contribution in [3.05, 3.63) is 35.4 Å². The summed E-state index contributed by atoms with van der Waals surface area (Å²) in [6.45, 7) is 6.68. The van der Waals surface area contributed by atoms with Crippen LogP contribution in [0.1, 0.15) is 50.7 Å². The maximum absolute atomic E-state index is 12.1. The number of hydrogen-bond acceptors (Lipinski definition) is 1. The lowest BCUT2D eigenvalue weighted by atomic mass is 9.50. The van der Waals surface area contributed by atoms with Crippen molar-refractivity contribution >= 4 is 5.78 Å². The second-order valence-electron chi connectivity index (χ2n) is 6.22. The number of ketones is 1. The van der Waals surface area contributed by atoms with Crippen LogP contribution >= 0.6 is 0 Å². The number of hydrogen-bond donors (Lipinski definition) is 0. The van der Waals surface area contributed by atoms with Crippen LogP contribution in [0, 0.1) is 11.8 Å². The zero-order valence-electron chi connectivity index (χ0n) is 10.9. The van der Waals surface area contributed by atoms with E-state index in [4.69, 9.17) is 0 Å². The predicted molar refractivity (Wildman–Crippen MR) is 69.1 cm³/mol. The smallest absolute Gasteiger partial charge is 0.140 e. The highest BCUT2D eigenvalue weighted by molar-refractivity contribution is 5.93. The predicted octanol–water partition coefficient (Wildman–Crippen LogP) is 3.68. The monoisotopic (exact) mass is 228 g/mol. The van der Waals surface area contributed by atoms with Gasteiger partial charge in [0.2, 0.25) is 0 Å². The zero-order chi connectivity index (χ0) is 12.2. The summed E-state index contributed by atoms with van der Waals surface area (Å²) >= 11 is 0. The van der Waals surface area contributed by atoms with Crippen LogP contribution < -0.4 is 0 Å². The molecular formula is C16H20O. The summed E-state index contributed by atoms with van der Waals surface area (Å²) in [6.07, 6.45) is 2.03. The first-order valence-electron chi connectivity index (χ1n) is 6.69. The average Bonchev–Trinajstić information content (AvgIpc) is 2.32. The topological polar surface area (TPSA) is 17.1 Å². The number of carbonyl (C=O) groups is 1. The molecule has 90 valence electrons. The second-order valence-corrected chi connectivity index (χ2v) is 6.22. The minimum absolute atomic E-state index is 0.159. The molecule has 1 aromatic rings. The fourth-order valence-electron chi connectivity index (χ4n) is 3.97. The highest BCUT2D eigenvalue weighted by atomic mass is 16.1. The summed E-state index contributed by atoms with van der Waals surface area (Å²) in [7, 11) is 0. The Morgan fingerprint density at radius 2 is 2.00 bits per heavy atom. The first-order valence-corrected chi connectivity index (χ1v) is 6.69. The molecule has 1 heteroatoms. The number of fused-ring (bicyclic) bond motifs is 3. The van der Waals surface area contributed by atoms with Gasteiger partial charge in [-0.25, -0.2) is 0 Å². The summed E-state index contributed by atoms with van der Waals surface area (Å²) < 4.78 is 0. The van der Waals surface area contributed by atoms with E-state index in [1.165, 1.54) is 11.1 Å². The van der Waals surface area contributed by atoms with Crippen LogP contribution in [0.3, 0.4) is 0 Å². The number of Topliss-reactive ketones (excluding diaryl/α,β-unsaturated/α-hetero) is 1. The quantitative estimate of drug-likeness (QED) is 0.716. The summed E-state index contributed by atoms with van der Waals surface area (Å²) in [4.78, 5) is 12.1. The molecule has 0 saturated heterocycles. The zero-order valence-corrected chi connectivity index (χ0v) is 10.9. The maximum Gasteiger partial charge on any atom is 0.140 e. The third-order valence-electron chi connectivity index (χ3n) is 4.82. The molecular weight excluding hydrogens is 208 g/mol. The van der Waals surface area contributed by atoms with Gasteiger partial charge in [-0.05, 0) is 29.4 Å². The lowest BCUT2D eigenvalue weighted by molar-refractivity contribution is -0.140. The van der Waals surface area contributed by atoms with Crippen LogP contribution in [0.5, 0.6) is 0 Å². The van der Waals surface area contributed by atoms with Crippen molar-refractivity contribution in [3.63, 3.8) is 0 Å². The number of rotatable bonds is 1. The third kappa shape index (κ3) is 1.34. The Morgan fingerprint density at radius 3 is 2.71 bits per heavy atom. The Labute approximate surface area is 103 Å². The standard InChI is InChI=1S/C16H20O/c1-4-10-14-11-7-5-6-8-13(11)16(2,3)9-12(14)15(10)17/h5-8,10,12,14H,4,9H2,1-3H3. The van der Waals surface area contributed by atoms with Crippen LogP contribution in [0.2, 0.25) is 0 Å². The molecule has 0 aliphatic heterocycles. The van der Waals surface area contributed by atoms with Gasteiger partial charge >= 0.3 is 0 Å². The van der Waals surface area contributed by atoms with Gasteiger partial charge in [0.25, 0.3) is 0 Å². The molecule has 2 aliphatic rings. The normalized spacial score (nSPS) is 33.6. The van der Waals surface area contributed by atoms with Gasteiger partial charge < -0.3 is 0 Å². The van der Waals surface area contributed by atoms with Crippen LogP contribution in [0.4, 0.5) is 0 Å². The minimum Gasteiger partial charge on any atom is -0.299 e. The Bertz CT molecular complexity index is 472. The van der Waals surface area contributed by atoms with E-state index in [0.29, 0.717) is 17.6 Å². The largest absolute Gasteiger partial charge is 0.299 e. The van der Waals surface area contributed by atoms with Crippen molar-refractivity contribution in [1.82, 2.24) is 0 Å². The second kappa shape index (κ2) is 3.44. The maximum atomic E-state index is 12.1. The molecule has 3 unspecified atom stereocenters. The van der Waals surface area contributed by atoms with Gasteiger partial charge in [-0.15, -0.1) is 0 Å². The first-order chi connectivity index (χ1) is 8.06. The first kappa shape index (κ1) is 11.0. The van der Waals surface area contributed by atoms with Gasteiger partial charge in [0.05, 0.1) is 0 Å². The van der Waals surface area contributed by atoms with Gasteiger partial charge in [-0.2, -0.15) is 0 Å². The lowest BCUT2D eigenvalue weighted by Crippen LogP contribution is -2.51. The van der Waals surface area contributed by atoms with E-state index in [0.717, 1.165) is 12.8 Å². The molecule has 0 aromatic heterocycles. The molecule has 2 aliphatic carbocycles. The van der Waals surface area contributed by atoms with Crippen molar-refractivity contribution in [1.29, 1.82) is 0 Å². The van der Waals surface area contributed by atoms with E-state index in [1.54, 1.807) is 0 Å². The number of benzene rings is 1. The summed E-state index contributed by atoms with van der Waals surface area (Å²) in [5.74, 6) is 1.61. The third-order valence-corrected chi connectivity index (χ3v) is 4.82. The molecule has 1 saturated carbocycles. The molecule has 0 amide bonds. The van der Waals surface area contributed by atoms with Crippen molar-refractivity contribution in [2.75, 3.05) is 0 Å². The summed E-state index contributed by atoms with van der Waals surface area (Å²) in [6, 6.07) is 8.74. The van der Waals surface area contributed by atoms with Crippen LogP contribution in [-0.4, -0.2) is 5.78 Å². The van der Waals surface area contributed by atoms with Crippen molar-refractivity contribution in [2.45, 2.75) is 44.9 Å². The molecule has 17 heavy (non-hydrogen) atoms.